The maximum atomic E-state index is 13.1. The number of benzene rings is 3. The molecule has 198 valence electrons. The Morgan fingerprint density at radius 2 is 1.66 bits per heavy atom. The predicted molar refractivity (Wildman–Crippen MR) is 140 cm³/mol. The highest BCUT2D eigenvalue weighted by molar-refractivity contribution is 6.03. The predicted octanol–water partition coefficient (Wildman–Crippen LogP) is 5.10. The molecule has 0 radical (unpaired) electrons. The SMILES string of the molecule is CN1CC(C(=O)Nc2ccc(OC(F)(F)F)cc2)C(c2ccc(/C=C/C(=O)Nc3ccccc3N)cc2)C1. The number of ether oxygens (including phenoxy) is 1. The number of nitrogens with zero attached hydrogens (tertiary/aromatic N) is 1. The van der Waals surface area contributed by atoms with Gasteiger partial charge in [-0.1, -0.05) is 36.4 Å². The molecule has 0 aromatic heterocycles. The van der Waals surface area contributed by atoms with E-state index in [1.54, 1.807) is 30.3 Å². The van der Waals surface area contributed by atoms with Gasteiger partial charge in [-0.3, -0.25) is 9.59 Å². The van der Waals surface area contributed by atoms with Crippen molar-refractivity contribution in [3.8, 4) is 5.75 Å². The summed E-state index contributed by atoms with van der Waals surface area (Å²) in [5, 5.41) is 5.53. The van der Waals surface area contributed by atoms with Crippen LogP contribution in [0.25, 0.3) is 6.08 Å². The summed E-state index contributed by atoms with van der Waals surface area (Å²) in [6, 6.07) is 19.7. The molecule has 1 fully saturated rings. The van der Waals surface area contributed by atoms with Crippen LogP contribution in [0.5, 0.6) is 5.75 Å². The van der Waals surface area contributed by atoms with Gasteiger partial charge in [0.2, 0.25) is 11.8 Å². The summed E-state index contributed by atoms with van der Waals surface area (Å²) in [6.07, 6.45) is -1.66. The highest BCUT2D eigenvalue weighted by atomic mass is 19.4. The third kappa shape index (κ3) is 7.13. The average Bonchev–Trinajstić information content (AvgIpc) is 3.26. The van der Waals surface area contributed by atoms with Crippen molar-refractivity contribution in [2.75, 3.05) is 36.5 Å². The Morgan fingerprint density at radius 3 is 2.32 bits per heavy atom. The van der Waals surface area contributed by atoms with E-state index in [1.165, 1.54) is 18.2 Å². The van der Waals surface area contributed by atoms with E-state index >= 15 is 0 Å². The van der Waals surface area contributed by atoms with E-state index in [2.05, 4.69) is 20.3 Å². The standard InChI is InChI=1S/C28H27F3N4O3/c1-35-16-22(23(17-35)27(37)33-20-11-13-21(14-12-20)38-28(29,30)31)19-9-6-18(7-10-19)8-15-26(36)34-25-5-3-2-4-24(25)32/h2-15,22-23H,16-17,32H2,1H3,(H,33,37)(H,34,36)/b15-8+. The molecule has 1 aliphatic heterocycles. The first kappa shape index (κ1) is 26.7. The summed E-state index contributed by atoms with van der Waals surface area (Å²) in [4.78, 5) is 27.4. The molecule has 3 aromatic rings. The van der Waals surface area contributed by atoms with Crippen molar-refractivity contribution in [1.29, 1.82) is 0 Å². The molecule has 1 heterocycles. The van der Waals surface area contributed by atoms with Crippen LogP contribution in [0, 0.1) is 5.92 Å². The molecule has 2 unspecified atom stereocenters. The van der Waals surface area contributed by atoms with Crippen molar-refractivity contribution in [2.24, 2.45) is 5.92 Å². The van der Waals surface area contributed by atoms with Crippen LogP contribution in [-0.2, 0) is 9.59 Å². The largest absolute Gasteiger partial charge is 0.573 e. The lowest BCUT2D eigenvalue weighted by Crippen LogP contribution is -2.28. The maximum Gasteiger partial charge on any atom is 0.573 e. The molecule has 0 spiro atoms. The number of anilines is 3. The highest BCUT2D eigenvalue weighted by Gasteiger charge is 2.37. The first-order chi connectivity index (χ1) is 18.1. The first-order valence-corrected chi connectivity index (χ1v) is 11.9. The second kappa shape index (κ2) is 11.4. The first-order valence-electron chi connectivity index (χ1n) is 11.9. The molecule has 2 amide bonds. The highest BCUT2D eigenvalue weighted by Crippen LogP contribution is 2.33. The Hall–Kier alpha value is -4.31. The summed E-state index contributed by atoms with van der Waals surface area (Å²) >= 11 is 0. The molecule has 38 heavy (non-hydrogen) atoms. The number of hydrogen-bond acceptors (Lipinski definition) is 5. The number of nitrogens with one attached hydrogen (secondary N) is 2. The molecule has 4 N–H and O–H groups in total. The zero-order valence-corrected chi connectivity index (χ0v) is 20.5. The molecule has 3 aromatic carbocycles. The Kier molecular flexibility index (Phi) is 8.02. The van der Waals surface area contributed by atoms with Crippen LogP contribution in [0.3, 0.4) is 0 Å². The van der Waals surface area contributed by atoms with Gasteiger partial charge in [-0.15, -0.1) is 13.2 Å². The molecule has 1 aliphatic rings. The van der Waals surface area contributed by atoms with Crippen molar-refractivity contribution >= 4 is 35.0 Å². The molecular weight excluding hydrogens is 497 g/mol. The minimum atomic E-state index is -4.78. The smallest absolute Gasteiger partial charge is 0.406 e. The van der Waals surface area contributed by atoms with Crippen molar-refractivity contribution in [3.63, 3.8) is 0 Å². The van der Waals surface area contributed by atoms with Gasteiger partial charge < -0.3 is 26.0 Å². The Bertz CT molecular complexity index is 1310. The van der Waals surface area contributed by atoms with E-state index in [9.17, 15) is 22.8 Å². The fourth-order valence-electron chi connectivity index (χ4n) is 4.39. The number of alkyl halides is 3. The van der Waals surface area contributed by atoms with Gasteiger partial charge in [0.1, 0.15) is 5.75 Å². The molecule has 0 aliphatic carbocycles. The van der Waals surface area contributed by atoms with Gasteiger partial charge in [0.25, 0.3) is 0 Å². The molecule has 0 bridgehead atoms. The molecular formula is C28H27F3N4O3. The van der Waals surface area contributed by atoms with Gasteiger partial charge >= 0.3 is 6.36 Å². The van der Waals surface area contributed by atoms with E-state index in [0.717, 1.165) is 23.3 Å². The molecule has 7 nitrogen and oxygen atoms in total. The minimum absolute atomic E-state index is 0.0739. The average molecular weight is 525 g/mol. The third-order valence-corrected chi connectivity index (χ3v) is 6.21. The number of nitrogen functional groups attached to an aromatic ring is 1. The quantitative estimate of drug-likeness (QED) is 0.295. The molecule has 0 saturated carbocycles. The number of carbonyl (C=O) groups is 2. The summed E-state index contributed by atoms with van der Waals surface area (Å²) in [5.74, 6) is -1.31. The Balaban J connectivity index is 1.38. The van der Waals surface area contributed by atoms with E-state index in [-0.39, 0.29) is 29.4 Å². The number of halogens is 3. The fraction of sp³-hybridized carbons (Fsp3) is 0.214. The normalized spacial score (nSPS) is 17.9. The molecule has 1 saturated heterocycles. The van der Waals surface area contributed by atoms with Crippen molar-refractivity contribution < 1.29 is 27.5 Å². The van der Waals surface area contributed by atoms with Crippen LogP contribution in [0.2, 0.25) is 0 Å². The second-order valence-corrected chi connectivity index (χ2v) is 9.07. The number of hydrogen-bond donors (Lipinski definition) is 3. The topological polar surface area (TPSA) is 96.7 Å². The minimum Gasteiger partial charge on any atom is -0.406 e. The van der Waals surface area contributed by atoms with Crippen LogP contribution in [0.1, 0.15) is 17.0 Å². The number of para-hydroxylation sites is 2. The lowest BCUT2D eigenvalue weighted by Gasteiger charge is -2.19. The van der Waals surface area contributed by atoms with Gasteiger partial charge in [0.15, 0.2) is 0 Å². The zero-order chi connectivity index (χ0) is 27.3. The maximum absolute atomic E-state index is 13.1. The van der Waals surface area contributed by atoms with Crippen LogP contribution in [-0.4, -0.2) is 43.2 Å². The van der Waals surface area contributed by atoms with Gasteiger partial charge in [-0.05, 0) is 60.6 Å². The summed E-state index contributed by atoms with van der Waals surface area (Å²) < 4.78 is 41.0. The van der Waals surface area contributed by atoms with Crippen molar-refractivity contribution in [1.82, 2.24) is 4.90 Å². The van der Waals surface area contributed by atoms with Gasteiger partial charge in [-0.25, -0.2) is 0 Å². The van der Waals surface area contributed by atoms with Crippen LogP contribution >= 0.6 is 0 Å². The Labute approximate surface area is 218 Å². The molecule has 10 heteroatoms. The van der Waals surface area contributed by atoms with E-state index in [1.807, 2.05) is 31.3 Å². The monoisotopic (exact) mass is 524 g/mol. The summed E-state index contributed by atoms with van der Waals surface area (Å²) in [6.45, 7) is 1.21. The number of likely N-dealkylation sites (N-methyl/N-ethyl adjacent to an activating group) is 1. The summed E-state index contributed by atoms with van der Waals surface area (Å²) in [7, 11) is 1.93. The van der Waals surface area contributed by atoms with Crippen molar-refractivity contribution in [3.05, 3.63) is 90.0 Å². The number of nitrogens with two attached hydrogens (primary N) is 1. The van der Waals surface area contributed by atoms with Crippen LogP contribution < -0.4 is 21.1 Å². The Morgan fingerprint density at radius 1 is 0.974 bits per heavy atom. The van der Waals surface area contributed by atoms with Gasteiger partial charge in [0.05, 0.1) is 17.3 Å². The number of carbonyl (C=O) groups excluding carboxylic acids is 2. The van der Waals surface area contributed by atoms with Crippen LogP contribution in [0.4, 0.5) is 30.2 Å². The van der Waals surface area contributed by atoms with E-state index in [4.69, 9.17) is 5.73 Å². The lowest BCUT2D eigenvalue weighted by atomic mass is 9.88. The van der Waals surface area contributed by atoms with E-state index < -0.39 is 6.36 Å². The number of likely N-dealkylation sites (tertiary alicyclic amines) is 1. The van der Waals surface area contributed by atoms with Gasteiger partial charge in [-0.2, -0.15) is 0 Å². The molecule has 2 atom stereocenters. The summed E-state index contributed by atoms with van der Waals surface area (Å²) in [5.41, 5.74) is 9.04. The zero-order valence-electron chi connectivity index (χ0n) is 20.5. The fourth-order valence-corrected chi connectivity index (χ4v) is 4.39. The number of rotatable bonds is 7. The lowest BCUT2D eigenvalue weighted by molar-refractivity contribution is -0.274. The number of amides is 2. The van der Waals surface area contributed by atoms with Crippen molar-refractivity contribution in [2.45, 2.75) is 12.3 Å². The van der Waals surface area contributed by atoms with E-state index in [0.29, 0.717) is 30.2 Å². The van der Waals surface area contributed by atoms with Gasteiger partial charge in [0, 0.05) is 30.8 Å². The second-order valence-electron chi connectivity index (χ2n) is 9.07. The molecule has 4 rings (SSSR count). The third-order valence-electron chi connectivity index (χ3n) is 6.21. The van der Waals surface area contributed by atoms with Crippen LogP contribution in [0.15, 0.2) is 78.9 Å².